The van der Waals surface area contributed by atoms with Crippen molar-refractivity contribution in [1.29, 1.82) is 0 Å². The molecule has 0 saturated carbocycles. The molecule has 0 saturated heterocycles. The second-order valence-electron chi connectivity index (χ2n) is 5.10. The van der Waals surface area contributed by atoms with Gasteiger partial charge in [-0.15, -0.1) is 0 Å². The lowest BCUT2D eigenvalue weighted by Gasteiger charge is -2.22. The fraction of sp³-hybridized carbons (Fsp3) is 0.200. The first-order chi connectivity index (χ1) is 10.3. The minimum atomic E-state index is -4.12. The van der Waals surface area contributed by atoms with E-state index in [9.17, 15) is 17.2 Å². The molecule has 0 spiro atoms. The highest BCUT2D eigenvalue weighted by Gasteiger charge is 2.35. The van der Waals surface area contributed by atoms with E-state index in [1.54, 1.807) is 13.8 Å². The number of sulfone groups is 1. The van der Waals surface area contributed by atoms with Crippen molar-refractivity contribution in [3.8, 4) is 17.2 Å². The van der Waals surface area contributed by atoms with Gasteiger partial charge in [-0.2, -0.15) is 0 Å². The summed E-state index contributed by atoms with van der Waals surface area (Å²) in [7, 11) is -4.12. The van der Waals surface area contributed by atoms with Gasteiger partial charge in [-0.05, 0) is 26.0 Å². The topological polar surface area (TPSA) is 52.6 Å². The summed E-state index contributed by atoms with van der Waals surface area (Å²) < 4.78 is 63.2. The van der Waals surface area contributed by atoms with Gasteiger partial charge in [0.25, 0.3) is 0 Å². The van der Waals surface area contributed by atoms with E-state index in [-0.39, 0.29) is 28.2 Å². The Balaban J connectivity index is 2.21. The lowest BCUT2D eigenvalue weighted by molar-refractivity contribution is 0.239. The first kappa shape index (κ1) is 14.8. The number of halogens is 2. The molecular weight excluding hydrogens is 314 g/mol. The van der Waals surface area contributed by atoms with Gasteiger partial charge >= 0.3 is 0 Å². The Kier molecular flexibility index (Phi) is 3.32. The molecule has 0 amide bonds. The molecule has 116 valence electrons. The largest absolute Gasteiger partial charge is 0.491 e. The van der Waals surface area contributed by atoms with Crippen LogP contribution in [-0.4, -0.2) is 14.5 Å². The Labute approximate surface area is 126 Å². The van der Waals surface area contributed by atoms with Crippen molar-refractivity contribution in [2.24, 2.45) is 0 Å². The molecule has 3 rings (SSSR count). The van der Waals surface area contributed by atoms with Crippen LogP contribution in [0.15, 0.2) is 40.1 Å². The maximum atomic E-state index is 14.2. The molecule has 0 fully saturated rings. The first-order valence-electron chi connectivity index (χ1n) is 6.52. The second kappa shape index (κ2) is 4.95. The summed E-state index contributed by atoms with van der Waals surface area (Å²) in [6.45, 7) is 3.50. The quantitative estimate of drug-likeness (QED) is 0.674. The van der Waals surface area contributed by atoms with Crippen LogP contribution in [-0.2, 0) is 9.84 Å². The van der Waals surface area contributed by atoms with Crippen LogP contribution in [0.3, 0.4) is 0 Å². The Hall–Kier alpha value is -2.15. The van der Waals surface area contributed by atoms with E-state index >= 15 is 0 Å². The SMILES string of the molecule is CC(C)Oc1cc(F)c2c(c1)Oc1cc(F)ccc1S2(=O)=O. The van der Waals surface area contributed by atoms with E-state index < -0.39 is 26.4 Å². The summed E-state index contributed by atoms with van der Waals surface area (Å²) in [6, 6.07) is 5.27. The molecule has 2 aromatic carbocycles. The molecular formula is C15H12F2O4S. The lowest BCUT2D eigenvalue weighted by atomic mass is 10.3. The van der Waals surface area contributed by atoms with E-state index in [1.165, 1.54) is 6.07 Å². The van der Waals surface area contributed by atoms with E-state index in [2.05, 4.69) is 0 Å². The van der Waals surface area contributed by atoms with Gasteiger partial charge in [-0.1, -0.05) is 0 Å². The van der Waals surface area contributed by atoms with Crippen molar-refractivity contribution < 1.29 is 26.7 Å². The van der Waals surface area contributed by atoms with Gasteiger partial charge in [0.15, 0.2) is 10.6 Å². The van der Waals surface area contributed by atoms with Crippen molar-refractivity contribution in [2.75, 3.05) is 0 Å². The summed E-state index contributed by atoms with van der Waals surface area (Å²) in [5.41, 5.74) is 0. The molecule has 2 aromatic rings. The van der Waals surface area contributed by atoms with Crippen molar-refractivity contribution >= 4 is 9.84 Å². The third-order valence-electron chi connectivity index (χ3n) is 3.04. The predicted octanol–water partition coefficient (Wildman–Crippen LogP) is 3.69. The average molecular weight is 326 g/mol. The average Bonchev–Trinajstić information content (AvgIpc) is 2.35. The summed E-state index contributed by atoms with van der Waals surface area (Å²) in [4.78, 5) is -0.833. The minimum absolute atomic E-state index is 0.140. The number of rotatable bonds is 2. The van der Waals surface area contributed by atoms with Crippen LogP contribution in [0.1, 0.15) is 13.8 Å². The minimum Gasteiger partial charge on any atom is -0.491 e. The highest BCUT2D eigenvalue weighted by molar-refractivity contribution is 7.91. The zero-order valence-corrected chi connectivity index (χ0v) is 12.6. The second-order valence-corrected chi connectivity index (χ2v) is 6.95. The lowest BCUT2D eigenvalue weighted by Crippen LogP contribution is -2.14. The van der Waals surface area contributed by atoms with E-state index in [0.29, 0.717) is 0 Å². The number of fused-ring (bicyclic) bond motifs is 2. The maximum Gasteiger partial charge on any atom is 0.216 e. The molecule has 0 bridgehead atoms. The van der Waals surface area contributed by atoms with Gasteiger partial charge in [-0.3, -0.25) is 0 Å². The Morgan fingerprint density at radius 1 is 1.09 bits per heavy atom. The zero-order valence-electron chi connectivity index (χ0n) is 11.8. The van der Waals surface area contributed by atoms with Gasteiger partial charge in [0.05, 0.1) is 6.10 Å². The molecule has 4 nitrogen and oxygen atoms in total. The van der Waals surface area contributed by atoms with Crippen LogP contribution >= 0.6 is 0 Å². The standard InChI is InChI=1S/C15H12F2O4S/c1-8(2)20-10-6-11(17)15-13(7-10)21-12-5-9(16)3-4-14(12)22(15,18)19/h3-8H,1-2H3. The number of ether oxygens (including phenoxy) is 2. The predicted molar refractivity (Wildman–Crippen MR) is 74.1 cm³/mol. The fourth-order valence-electron chi connectivity index (χ4n) is 2.23. The highest BCUT2D eigenvalue weighted by atomic mass is 32.2. The Bertz CT molecular complexity index is 860. The summed E-state index contributed by atoms with van der Waals surface area (Å²) >= 11 is 0. The van der Waals surface area contributed by atoms with Crippen molar-refractivity contribution in [3.63, 3.8) is 0 Å². The molecule has 1 heterocycles. The highest BCUT2D eigenvalue weighted by Crippen LogP contribution is 2.45. The van der Waals surface area contributed by atoms with Crippen molar-refractivity contribution in [1.82, 2.24) is 0 Å². The van der Waals surface area contributed by atoms with Crippen LogP contribution in [0.5, 0.6) is 17.2 Å². The molecule has 0 unspecified atom stereocenters. The molecule has 0 aliphatic carbocycles. The monoisotopic (exact) mass is 326 g/mol. The van der Waals surface area contributed by atoms with Gasteiger partial charge < -0.3 is 9.47 Å². The van der Waals surface area contributed by atoms with E-state index in [0.717, 1.165) is 24.3 Å². The normalized spacial score (nSPS) is 15.0. The molecule has 1 aliphatic heterocycles. The molecule has 0 radical (unpaired) electrons. The van der Waals surface area contributed by atoms with E-state index in [1.807, 2.05) is 0 Å². The van der Waals surface area contributed by atoms with Crippen LogP contribution in [0.2, 0.25) is 0 Å². The zero-order chi connectivity index (χ0) is 16.1. The number of hydrogen-bond donors (Lipinski definition) is 0. The van der Waals surface area contributed by atoms with Crippen molar-refractivity contribution in [3.05, 3.63) is 42.0 Å². The summed E-state index contributed by atoms with van der Waals surface area (Å²) in [5, 5.41) is 0. The van der Waals surface area contributed by atoms with Crippen LogP contribution in [0.4, 0.5) is 8.78 Å². The smallest absolute Gasteiger partial charge is 0.216 e. The van der Waals surface area contributed by atoms with Crippen LogP contribution in [0, 0.1) is 11.6 Å². The third-order valence-corrected chi connectivity index (χ3v) is 4.89. The Morgan fingerprint density at radius 2 is 1.82 bits per heavy atom. The van der Waals surface area contributed by atoms with Crippen LogP contribution < -0.4 is 9.47 Å². The summed E-state index contributed by atoms with van der Waals surface area (Å²) in [6.07, 6.45) is -0.220. The maximum absolute atomic E-state index is 14.2. The van der Waals surface area contributed by atoms with Gasteiger partial charge in [-0.25, -0.2) is 17.2 Å². The molecule has 22 heavy (non-hydrogen) atoms. The molecule has 0 aromatic heterocycles. The number of hydrogen-bond acceptors (Lipinski definition) is 4. The van der Waals surface area contributed by atoms with Crippen molar-refractivity contribution in [2.45, 2.75) is 29.7 Å². The molecule has 0 N–H and O–H groups in total. The number of benzene rings is 2. The van der Waals surface area contributed by atoms with Gasteiger partial charge in [0.1, 0.15) is 28.0 Å². The third kappa shape index (κ3) is 2.31. The molecule has 0 atom stereocenters. The first-order valence-corrected chi connectivity index (χ1v) is 8.00. The molecule has 1 aliphatic rings. The fourth-order valence-corrected chi connectivity index (χ4v) is 3.75. The van der Waals surface area contributed by atoms with Crippen LogP contribution in [0.25, 0.3) is 0 Å². The van der Waals surface area contributed by atoms with E-state index in [4.69, 9.17) is 9.47 Å². The van der Waals surface area contributed by atoms with Gasteiger partial charge in [0.2, 0.25) is 9.84 Å². The van der Waals surface area contributed by atoms with Gasteiger partial charge in [0, 0.05) is 18.2 Å². The summed E-state index contributed by atoms with van der Waals surface area (Å²) in [5.74, 6) is -1.86. The molecule has 7 heteroatoms. The Morgan fingerprint density at radius 3 is 2.50 bits per heavy atom.